The molecule has 0 saturated heterocycles. The van der Waals surface area contributed by atoms with Gasteiger partial charge in [-0.2, -0.15) is 0 Å². The molecule has 22 heavy (non-hydrogen) atoms. The van der Waals surface area contributed by atoms with E-state index in [2.05, 4.69) is 9.97 Å². The molecule has 4 nitrogen and oxygen atoms in total. The molecule has 0 saturated carbocycles. The summed E-state index contributed by atoms with van der Waals surface area (Å²) < 4.78 is 4.98. The number of thiazole rings is 1. The van der Waals surface area contributed by atoms with Gasteiger partial charge in [0.15, 0.2) is 0 Å². The first-order valence-corrected chi connectivity index (χ1v) is 7.79. The molecule has 2 heterocycles. The fourth-order valence-electron chi connectivity index (χ4n) is 2.02. The van der Waals surface area contributed by atoms with Gasteiger partial charge in [0.2, 0.25) is 0 Å². The summed E-state index contributed by atoms with van der Waals surface area (Å²) in [5.74, 6) is -0.302. The van der Waals surface area contributed by atoms with Crippen LogP contribution in [0.3, 0.4) is 0 Å². The Morgan fingerprint density at radius 3 is 2.68 bits per heavy atom. The minimum atomic E-state index is -0.302. The number of rotatable bonds is 4. The maximum Gasteiger partial charge on any atom is 0.338 e. The van der Waals surface area contributed by atoms with Crippen LogP contribution in [-0.2, 0) is 4.74 Å². The van der Waals surface area contributed by atoms with E-state index in [1.165, 1.54) is 0 Å². The molecule has 0 atom stereocenters. The number of aromatic nitrogens is 2. The molecule has 0 unspecified atom stereocenters. The molecule has 0 aliphatic heterocycles. The minimum absolute atomic E-state index is 0.302. The highest BCUT2D eigenvalue weighted by Gasteiger charge is 2.09. The van der Waals surface area contributed by atoms with Crippen molar-refractivity contribution in [2.24, 2.45) is 0 Å². The number of benzene rings is 1. The number of carbonyl (C=O) groups excluding carboxylic acids is 1. The maximum atomic E-state index is 11.6. The third kappa shape index (κ3) is 3.04. The number of hydrogen-bond donors (Lipinski definition) is 0. The van der Waals surface area contributed by atoms with E-state index in [1.807, 2.05) is 29.6 Å². The second kappa shape index (κ2) is 6.49. The van der Waals surface area contributed by atoms with E-state index in [1.54, 1.807) is 42.8 Å². The highest BCUT2D eigenvalue weighted by molar-refractivity contribution is 7.13. The quantitative estimate of drug-likeness (QED) is 0.682. The van der Waals surface area contributed by atoms with Crippen molar-refractivity contribution in [1.82, 2.24) is 9.97 Å². The summed E-state index contributed by atoms with van der Waals surface area (Å²) in [5, 5.41) is 2.92. The van der Waals surface area contributed by atoms with Crippen molar-refractivity contribution in [2.75, 3.05) is 6.61 Å². The Kier molecular flexibility index (Phi) is 4.25. The first-order chi connectivity index (χ1) is 10.8. The lowest BCUT2D eigenvalue weighted by atomic mass is 10.1. The molecule has 0 spiro atoms. The fraction of sp³-hybridized carbons (Fsp3) is 0.118. The number of ether oxygens (including phenoxy) is 1. The van der Waals surface area contributed by atoms with Gasteiger partial charge in [-0.05, 0) is 31.2 Å². The van der Waals surface area contributed by atoms with Crippen LogP contribution in [0.1, 0.15) is 17.3 Å². The number of esters is 1. The van der Waals surface area contributed by atoms with Gasteiger partial charge in [-0.3, -0.25) is 4.98 Å². The van der Waals surface area contributed by atoms with Crippen LogP contribution in [0.15, 0.2) is 54.2 Å². The topological polar surface area (TPSA) is 52.1 Å². The third-order valence-corrected chi connectivity index (χ3v) is 4.00. The van der Waals surface area contributed by atoms with Crippen LogP contribution in [0.4, 0.5) is 0 Å². The summed E-state index contributed by atoms with van der Waals surface area (Å²) in [6, 6.07) is 11.2. The van der Waals surface area contributed by atoms with Crippen molar-refractivity contribution >= 4 is 17.3 Å². The van der Waals surface area contributed by atoms with Gasteiger partial charge in [0.05, 0.1) is 17.9 Å². The minimum Gasteiger partial charge on any atom is -0.462 e. The molecule has 0 aliphatic carbocycles. The summed E-state index contributed by atoms with van der Waals surface area (Å²) in [7, 11) is 0. The standard InChI is InChI=1S/C17H14N2O2S/c1-2-21-17(20)13-7-5-12(6-8-13)16-19-15(11-22-16)14-4-3-9-18-10-14/h3-11H,2H2,1H3. The van der Waals surface area contributed by atoms with Crippen LogP contribution in [0, 0.1) is 0 Å². The molecule has 1 aromatic carbocycles. The average molecular weight is 310 g/mol. The van der Waals surface area contributed by atoms with Crippen LogP contribution >= 0.6 is 11.3 Å². The Morgan fingerprint density at radius 2 is 2.00 bits per heavy atom. The second-order valence-corrected chi connectivity index (χ2v) is 5.44. The summed E-state index contributed by atoms with van der Waals surface area (Å²) in [4.78, 5) is 20.4. The van der Waals surface area contributed by atoms with Crippen LogP contribution in [-0.4, -0.2) is 22.5 Å². The molecule has 0 fully saturated rings. The smallest absolute Gasteiger partial charge is 0.338 e. The summed E-state index contributed by atoms with van der Waals surface area (Å²) in [6.07, 6.45) is 3.54. The fourth-order valence-corrected chi connectivity index (χ4v) is 2.85. The number of pyridine rings is 1. The van der Waals surface area contributed by atoms with Gasteiger partial charge in [-0.25, -0.2) is 9.78 Å². The van der Waals surface area contributed by atoms with Crippen molar-refractivity contribution < 1.29 is 9.53 Å². The average Bonchev–Trinajstić information content (AvgIpc) is 3.06. The van der Waals surface area contributed by atoms with E-state index in [0.717, 1.165) is 21.8 Å². The van der Waals surface area contributed by atoms with E-state index >= 15 is 0 Å². The Balaban J connectivity index is 1.83. The predicted octanol–water partition coefficient (Wildman–Crippen LogP) is 4.05. The van der Waals surface area contributed by atoms with E-state index in [-0.39, 0.29) is 5.97 Å². The van der Waals surface area contributed by atoms with Crippen molar-refractivity contribution in [1.29, 1.82) is 0 Å². The molecular formula is C17H14N2O2S. The molecule has 5 heteroatoms. The van der Waals surface area contributed by atoms with Crippen LogP contribution in [0.5, 0.6) is 0 Å². The molecule has 0 radical (unpaired) electrons. The summed E-state index contributed by atoms with van der Waals surface area (Å²) >= 11 is 1.57. The van der Waals surface area contributed by atoms with Gasteiger partial charge in [-0.1, -0.05) is 12.1 Å². The monoisotopic (exact) mass is 310 g/mol. The van der Waals surface area contributed by atoms with E-state index in [0.29, 0.717) is 12.2 Å². The molecule has 0 aliphatic rings. The van der Waals surface area contributed by atoms with Gasteiger partial charge in [0, 0.05) is 28.9 Å². The zero-order chi connectivity index (χ0) is 15.4. The van der Waals surface area contributed by atoms with Crippen LogP contribution < -0.4 is 0 Å². The molecule has 2 aromatic heterocycles. The molecule has 3 rings (SSSR count). The van der Waals surface area contributed by atoms with Gasteiger partial charge >= 0.3 is 5.97 Å². The van der Waals surface area contributed by atoms with E-state index in [4.69, 9.17) is 4.74 Å². The number of nitrogens with zero attached hydrogens (tertiary/aromatic N) is 2. The Labute approximate surface area is 132 Å². The lowest BCUT2D eigenvalue weighted by molar-refractivity contribution is 0.0526. The van der Waals surface area contributed by atoms with Crippen LogP contribution in [0.25, 0.3) is 21.8 Å². The maximum absolute atomic E-state index is 11.6. The van der Waals surface area contributed by atoms with Crippen LogP contribution in [0.2, 0.25) is 0 Å². The Bertz CT molecular complexity index is 767. The Morgan fingerprint density at radius 1 is 1.18 bits per heavy atom. The Hall–Kier alpha value is -2.53. The third-order valence-electron chi connectivity index (χ3n) is 3.10. The van der Waals surface area contributed by atoms with Crippen molar-refractivity contribution in [3.05, 3.63) is 59.7 Å². The number of hydrogen-bond acceptors (Lipinski definition) is 5. The number of carbonyl (C=O) groups is 1. The lowest BCUT2D eigenvalue weighted by Gasteiger charge is -2.02. The molecule has 110 valence electrons. The predicted molar refractivity (Wildman–Crippen MR) is 86.7 cm³/mol. The van der Waals surface area contributed by atoms with Gasteiger partial charge in [0.25, 0.3) is 0 Å². The molecule has 3 aromatic rings. The SMILES string of the molecule is CCOC(=O)c1ccc(-c2nc(-c3cccnc3)cs2)cc1. The zero-order valence-corrected chi connectivity index (χ0v) is 12.8. The zero-order valence-electron chi connectivity index (χ0n) is 12.0. The van der Waals surface area contributed by atoms with Crippen molar-refractivity contribution in [3.63, 3.8) is 0 Å². The van der Waals surface area contributed by atoms with Gasteiger partial charge in [-0.15, -0.1) is 11.3 Å². The van der Waals surface area contributed by atoms with E-state index in [9.17, 15) is 4.79 Å². The van der Waals surface area contributed by atoms with E-state index < -0.39 is 0 Å². The van der Waals surface area contributed by atoms with Gasteiger partial charge in [0.1, 0.15) is 5.01 Å². The highest BCUT2D eigenvalue weighted by Crippen LogP contribution is 2.28. The largest absolute Gasteiger partial charge is 0.462 e. The lowest BCUT2D eigenvalue weighted by Crippen LogP contribution is -2.03. The summed E-state index contributed by atoms with van der Waals surface area (Å²) in [6.45, 7) is 2.17. The normalized spacial score (nSPS) is 10.4. The summed E-state index contributed by atoms with van der Waals surface area (Å²) in [5.41, 5.74) is 3.43. The van der Waals surface area contributed by atoms with Crippen molar-refractivity contribution in [2.45, 2.75) is 6.92 Å². The molecule has 0 bridgehead atoms. The van der Waals surface area contributed by atoms with Gasteiger partial charge < -0.3 is 4.74 Å². The first kappa shape index (κ1) is 14.4. The highest BCUT2D eigenvalue weighted by atomic mass is 32.1. The molecular weight excluding hydrogens is 296 g/mol. The first-order valence-electron chi connectivity index (χ1n) is 6.91. The second-order valence-electron chi connectivity index (χ2n) is 4.58. The molecule has 0 amide bonds. The van der Waals surface area contributed by atoms with Crippen molar-refractivity contribution in [3.8, 4) is 21.8 Å². The molecule has 0 N–H and O–H groups in total.